The second-order valence-corrected chi connectivity index (χ2v) is 8.17. The van der Waals surface area contributed by atoms with Gasteiger partial charge in [0.15, 0.2) is 0 Å². The molecule has 1 saturated heterocycles. The molecular weight excluding hydrogens is 280 g/mol. The van der Waals surface area contributed by atoms with Crippen LogP contribution >= 0.6 is 0 Å². The average Bonchev–Trinajstić information content (AvgIpc) is 2.68. The first kappa shape index (κ1) is 15.7. The van der Waals surface area contributed by atoms with Gasteiger partial charge in [0.1, 0.15) is 6.04 Å². The van der Waals surface area contributed by atoms with Gasteiger partial charge in [0.25, 0.3) is 10.2 Å². The van der Waals surface area contributed by atoms with E-state index < -0.39 is 22.2 Å². The molecule has 0 spiro atoms. The minimum absolute atomic E-state index is 0.0679. The highest BCUT2D eigenvalue weighted by Gasteiger charge is 2.42. The molecule has 2 aliphatic rings. The second kappa shape index (κ2) is 5.61. The Bertz CT molecular complexity index is 475. The molecule has 0 aromatic carbocycles. The predicted molar refractivity (Wildman–Crippen MR) is 75.5 cm³/mol. The van der Waals surface area contributed by atoms with Crippen molar-refractivity contribution in [1.29, 1.82) is 0 Å². The number of carbonyl (C=O) groups is 1. The maximum Gasteiger partial charge on any atom is 0.322 e. The van der Waals surface area contributed by atoms with Gasteiger partial charge in [0.2, 0.25) is 0 Å². The van der Waals surface area contributed by atoms with Crippen molar-refractivity contribution < 1.29 is 18.3 Å². The van der Waals surface area contributed by atoms with E-state index >= 15 is 0 Å². The van der Waals surface area contributed by atoms with E-state index in [1.807, 2.05) is 0 Å². The molecule has 1 heterocycles. The van der Waals surface area contributed by atoms with Crippen LogP contribution in [0.15, 0.2) is 0 Å². The highest BCUT2D eigenvalue weighted by atomic mass is 32.2. The zero-order valence-electron chi connectivity index (χ0n) is 12.1. The fourth-order valence-corrected chi connectivity index (χ4v) is 5.06. The van der Waals surface area contributed by atoms with Crippen molar-refractivity contribution in [2.45, 2.75) is 64.5 Å². The summed E-state index contributed by atoms with van der Waals surface area (Å²) in [5.41, 5.74) is -0.0679. The van der Waals surface area contributed by atoms with Gasteiger partial charge in [0.05, 0.1) is 0 Å². The summed E-state index contributed by atoms with van der Waals surface area (Å²) in [6.07, 6.45) is 4.68. The van der Waals surface area contributed by atoms with Crippen LogP contribution in [0.1, 0.15) is 52.4 Å². The van der Waals surface area contributed by atoms with Gasteiger partial charge in [-0.05, 0) is 37.5 Å². The first-order valence-electron chi connectivity index (χ1n) is 7.26. The van der Waals surface area contributed by atoms with Crippen LogP contribution in [0.5, 0.6) is 0 Å². The van der Waals surface area contributed by atoms with Crippen molar-refractivity contribution in [3.63, 3.8) is 0 Å². The maximum absolute atomic E-state index is 12.5. The number of hydrogen-bond donors (Lipinski definition) is 2. The number of nitrogens with zero attached hydrogens (tertiary/aromatic N) is 1. The molecule has 0 bridgehead atoms. The SMILES string of the molecule is CC1(C)CCCC1NS(=O)(=O)N1CCCCC1C(=O)O. The van der Waals surface area contributed by atoms with E-state index in [0.29, 0.717) is 13.0 Å². The minimum Gasteiger partial charge on any atom is -0.480 e. The fraction of sp³-hybridized carbons (Fsp3) is 0.923. The van der Waals surface area contributed by atoms with E-state index in [1.54, 1.807) is 0 Å². The molecule has 0 amide bonds. The summed E-state index contributed by atoms with van der Waals surface area (Å²) >= 11 is 0. The zero-order valence-corrected chi connectivity index (χ0v) is 12.9. The van der Waals surface area contributed by atoms with Crippen LogP contribution in [0.4, 0.5) is 0 Å². The number of aliphatic carboxylic acids is 1. The molecule has 0 radical (unpaired) electrons. The third kappa shape index (κ3) is 3.15. The monoisotopic (exact) mass is 304 g/mol. The summed E-state index contributed by atoms with van der Waals surface area (Å²) in [6, 6.07) is -1.03. The molecule has 2 rings (SSSR count). The first-order valence-corrected chi connectivity index (χ1v) is 8.70. The standard InChI is InChI=1S/C13H24N2O4S/c1-13(2)8-5-7-11(13)14-20(18,19)15-9-4-3-6-10(15)12(16)17/h10-11,14H,3-9H2,1-2H3,(H,16,17). The lowest BCUT2D eigenvalue weighted by Crippen LogP contribution is -2.55. The van der Waals surface area contributed by atoms with Gasteiger partial charge in [-0.1, -0.05) is 20.3 Å². The largest absolute Gasteiger partial charge is 0.480 e. The second-order valence-electron chi connectivity index (χ2n) is 6.52. The Morgan fingerprint density at radius 3 is 2.50 bits per heavy atom. The van der Waals surface area contributed by atoms with Gasteiger partial charge >= 0.3 is 5.97 Å². The highest BCUT2D eigenvalue weighted by Crippen LogP contribution is 2.38. The fourth-order valence-electron chi connectivity index (χ4n) is 3.23. The van der Waals surface area contributed by atoms with E-state index in [2.05, 4.69) is 18.6 Å². The Balaban J connectivity index is 2.14. The van der Waals surface area contributed by atoms with Crippen molar-refractivity contribution in [1.82, 2.24) is 9.03 Å². The van der Waals surface area contributed by atoms with E-state index in [0.717, 1.165) is 36.4 Å². The van der Waals surface area contributed by atoms with Gasteiger partial charge in [-0.15, -0.1) is 0 Å². The smallest absolute Gasteiger partial charge is 0.322 e. The Morgan fingerprint density at radius 1 is 1.25 bits per heavy atom. The quantitative estimate of drug-likeness (QED) is 0.820. The third-order valence-electron chi connectivity index (χ3n) is 4.60. The van der Waals surface area contributed by atoms with Crippen molar-refractivity contribution >= 4 is 16.2 Å². The molecule has 1 aliphatic heterocycles. The van der Waals surface area contributed by atoms with Gasteiger partial charge in [-0.3, -0.25) is 4.79 Å². The van der Waals surface area contributed by atoms with E-state index in [4.69, 9.17) is 0 Å². The Labute approximate surface area is 120 Å². The lowest BCUT2D eigenvalue weighted by molar-refractivity contribution is -0.142. The third-order valence-corrected chi connectivity index (χ3v) is 6.23. The van der Waals surface area contributed by atoms with Gasteiger partial charge in [-0.25, -0.2) is 0 Å². The lowest BCUT2D eigenvalue weighted by atomic mass is 9.88. The van der Waals surface area contributed by atoms with Crippen molar-refractivity contribution in [2.24, 2.45) is 5.41 Å². The van der Waals surface area contributed by atoms with Gasteiger partial charge < -0.3 is 5.11 Å². The molecule has 6 nitrogen and oxygen atoms in total. The molecule has 2 N–H and O–H groups in total. The van der Waals surface area contributed by atoms with Crippen molar-refractivity contribution in [3.8, 4) is 0 Å². The van der Waals surface area contributed by atoms with E-state index in [9.17, 15) is 18.3 Å². The molecule has 1 saturated carbocycles. The highest BCUT2D eigenvalue weighted by molar-refractivity contribution is 7.87. The Morgan fingerprint density at radius 2 is 1.95 bits per heavy atom. The summed E-state index contributed by atoms with van der Waals surface area (Å²) in [6.45, 7) is 4.40. The van der Waals surface area contributed by atoms with E-state index in [1.165, 1.54) is 0 Å². The molecule has 2 fully saturated rings. The van der Waals surface area contributed by atoms with Crippen molar-refractivity contribution in [3.05, 3.63) is 0 Å². The Hall–Kier alpha value is -0.660. The number of nitrogens with one attached hydrogen (secondary N) is 1. The molecule has 7 heteroatoms. The predicted octanol–water partition coefficient (Wildman–Crippen LogP) is 1.34. The van der Waals surface area contributed by atoms with Crippen LogP contribution in [0.3, 0.4) is 0 Å². The summed E-state index contributed by atoms with van der Waals surface area (Å²) in [4.78, 5) is 11.2. The minimum atomic E-state index is -3.73. The molecule has 2 atom stereocenters. The number of hydrogen-bond acceptors (Lipinski definition) is 3. The van der Waals surface area contributed by atoms with Crippen LogP contribution in [-0.4, -0.2) is 42.4 Å². The lowest BCUT2D eigenvalue weighted by Gasteiger charge is -2.35. The zero-order chi connectivity index (χ0) is 15.0. The Kier molecular flexibility index (Phi) is 4.41. The summed E-state index contributed by atoms with van der Waals surface area (Å²) < 4.78 is 28.9. The topological polar surface area (TPSA) is 86.7 Å². The summed E-state index contributed by atoms with van der Waals surface area (Å²) in [7, 11) is -3.73. The molecule has 20 heavy (non-hydrogen) atoms. The van der Waals surface area contributed by atoms with E-state index in [-0.39, 0.29) is 11.5 Å². The number of rotatable bonds is 4. The molecule has 1 aliphatic carbocycles. The van der Waals surface area contributed by atoms with Gasteiger partial charge in [-0.2, -0.15) is 17.4 Å². The van der Waals surface area contributed by atoms with Crippen LogP contribution in [-0.2, 0) is 15.0 Å². The summed E-state index contributed by atoms with van der Waals surface area (Å²) in [5, 5.41) is 9.20. The van der Waals surface area contributed by atoms with Crippen LogP contribution < -0.4 is 4.72 Å². The summed E-state index contributed by atoms with van der Waals surface area (Å²) in [5.74, 6) is -1.05. The molecule has 2 unspecified atom stereocenters. The maximum atomic E-state index is 12.5. The first-order chi connectivity index (χ1) is 9.24. The normalized spacial score (nSPS) is 31.3. The van der Waals surface area contributed by atoms with Crippen LogP contribution in [0.25, 0.3) is 0 Å². The van der Waals surface area contributed by atoms with Crippen LogP contribution in [0, 0.1) is 5.41 Å². The molecule has 116 valence electrons. The molecular formula is C13H24N2O4S. The number of carboxylic acids is 1. The molecule has 0 aromatic heterocycles. The number of piperidine rings is 1. The van der Waals surface area contributed by atoms with Crippen molar-refractivity contribution in [2.75, 3.05) is 6.54 Å². The molecule has 0 aromatic rings. The number of carboxylic acid groups (broad SMARTS) is 1. The van der Waals surface area contributed by atoms with Gasteiger partial charge in [0, 0.05) is 12.6 Å². The average molecular weight is 304 g/mol. The van der Waals surface area contributed by atoms with Crippen LogP contribution in [0.2, 0.25) is 0 Å².